The van der Waals surface area contributed by atoms with Gasteiger partial charge in [0.2, 0.25) is 5.91 Å². The SMILES string of the molecule is COc1cc(C(C)N/C=C(\N=N)C(=O)N[C@H]2C[C@@](C)(c3cc(Cl)ccc3C#N)C2)cnc1N1C[C@H](C)CC1=O. The number of amides is 2. The van der Waals surface area contributed by atoms with E-state index in [0.717, 1.165) is 11.1 Å². The smallest absolute Gasteiger partial charge is 0.273 e. The van der Waals surface area contributed by atoms with Crippen molar-refractivity contribution in [2.24, 2.45) is 11.0 Å². The molecule has 2 amide bonds. The average molecular weight is 550 g/mol. The summed E-state index contributed by atoms with van der Waals surface area (Å²) in [5, 5.41) is 19.5. The van der Waals surface area contributed by atoms with Crippen LogP contribution in [-0.4, -0.2) is 36.5 Å². The molecule has 4 rings (SSSR count). The van der Waals surface area contributed by atoms with Crippen LogP contribution < -0.4 is 20.3 Å². The maximum atomic E-state index is 12.8. The Bertz CT molecular complexity index is 1360. The van der Waals surface area contributed by atoms with Crippen LogP contribution in [0.3, 0.4) is 0 Å². The number of nitrogens with one attached hydrogen (secondary N) is 3. The van der Waals surface area contributed by atoms with Crippen LogP contribution in [0.4, 0.5) is 5.82 Å². The first-order valence-corrected chi connectivity index (χ1v) is 13.1. The monoisotopic (exact) mass is 549 g/mol. The van der Waals surface area contributed by atoms with Gasteiger partial charge in [0.25, 0.3) is 5.91 Å². The number of hydrogen-bond donors (Lipinski definition) is 3. The molecule has 0 spiro atoms. The molecule has 1 saturated heterocycles. The number of ether oxygens (including phenoxy) is 1. The van der Waals surface area contributed by atoms with E-state index in [2.05, 4.69) is 26.8 Å². The van der Waals surface area contributed by atoms with Crippen LogP contribution >= 0.6 is 11.6 Å². The number of anilines is 1. The second-order valence-corrected chi connectivity index (χ2v) is 11.0. The first kappa shape index (κ1) is 28.0. The Labute approximate surface area is 232 Å². The summed E-state index contributed by atoms with van der Waals surface area (Å²) in [6.07, 6.45) is 4.83. The maximum absolute atomic E-state index is 12.8. The molecular weight excluding hydrogens is 518 g/mol. The Kier molecular flexibility index (Phi) is 8.21. The number of carbonyl (C=O) groups is 2. The molecule has 1 aliphatic carbocycles. The van der Waals surface area contributed by atoms with Gasteiger partial charge in [0.15, 0.2) is 17.3 Å². The van der Waals surface area contributed by atoms with Crippen LogP contribution in [0, 0.1) is 22.8 Å². The second-order valence-electron chi connectivity index (χ2n) is 10.6. The topological polar surface area (TPSA) is 144 Å². The van der Waals surface area contributed by atoms with Crippen molar-refractivity contribution in [1.29, 1.82) is 10.8 Å². The summed E-state index contributed by atoms with van der Waals surface area (Å²) in [6.45, 7) is 6.55. The minimum Gasteiger partial charge on any atom is -0.493 e. The van der Waals surface area contributed by atoms with E-state index in [0.29, 0.717) is 48.0 Å². The first-order chi connectivity index (χ1) is 18.6. The summed E-state index contributed by atoms with van der Waals surface area (Å²) in [6, 6.07) is 8.85. The molecule has 1 unspecified atom stereocenters. The highest BCUT2D eigenvalue weighted by Crippen LogP contribution is 2.45. The molecule has 11 heteroatoms. The zero-order valence-corrected chi connectivity index (χ0v) is 23.2. The van der Waals surface area contributed by atoms with Crippen LogP contribution in [-0.2, 0) is 15.0 Å². The highest BCUT2D eigenvalue weighted by atomic mass is 35.5. The number of halogens is 1. The van der Waals surface area contributed by atoms with Crippen LogP contribution in [0.2, 0.25) is 5.02 Å². The van der Waals surface area contributed by atoms with Gasteiger partial charge in [0.1, 0.15) is 0 Å². The number of carbonyl (C=O) groups excluding carboxylic acids is 2. The highest BCUT2D eigenvalue weighted by Gasteiger charge is 2.43. The Morgan fingerprint density at radius 3 is 2.77 bits per heavy atom. The van der Waals surface area contributed by atoms with E-state index >= 15 is 0 Å². The van der Waals surface area contributed by atoms with Crippen molar-refractivity contribution in [1.82, 2.24) is 15.6 Å². The molecule has 1 aliphatic heterocycles. The van der Waals surface area contributed by atoms with Crippen molar-refractivity contribution in [3.63, 3.8) is 0 Å². The van der Waals surface area contributed by atoms with Crippen LogP contribution in [0.5, 0.6) is 5.75 Å². The number of benzene rings is 1. The van der Waals surface area contributed by atoms with Gasteiger partial charge >= 0.3 is 0 Å². The average Bonchev–Trinajstić information content (AvgIpc) is 3.24. The number of pyridine rings is 1. The van der Waals surface area contributed by atoms with Gasteiger partial charge in [-0.2, -0.15) is 10.4 Å². The van der Waals surface area contributed by atoms with Gasteiger partial charge < -0.3 is 15.4 Å². The first-order valence-electron chi connectivity index (χ1n) is 12.8. The van der Waals surface area contributed by atoms with Crippen molar-refractivity contribution in [3.8, 4) is 11.8 Å². The molecule has 1 saturated carbocycles. The minimum absolute atomic E-state index is 0.0210. The van der Waals surface area contributed by atoms with Gasteiger partial charge in [-0.25, -0.2) is 10.5 Å². The van der Waals surface area contributed by atoms with Crippen molar-refractivity contribution in [2.45, 2.75) is 57.5 Å². The number of nitrogens with zero attached hydrogens (tertiary/aromatic N) is 4. The van der Waals surface area contributed by atoms with E-state index in [1.807, 2.05) is 32.9 Å². The minimum atomic E-state index is -0.462. The molecule has 10 nitrogen and oxygen atoms in total. The molecule has 39 heavy (non-hydrogen) atoms. The van der Waals surface area contributed by atoms with Gasteiger partial charge in [0, 0.05) is 42.5 Å². The second kappa shape index (κ2) is 11.4. The number of nitriles is 1. The molecule has 3 N–H and O–H groups in total. The van der Waals surface area contributed by atoms with Crippen molar-refractivity contribution >= 4 is 29.2 Å². The molecule has 2 fully saturated rings. The number of rotatable bonds is 9. The third kappa shape index (κ3) is 5.88. The van der Waals surface area contributed by atoms with Gasteiger partial charge in [-0.3, -0.25) is 14.5 Å². The van der Waals surface area contributed by atoms with E-state index in [-0.39, 0.29) is 35.0 Å². The van der Waals surface area contributed by atoms with Crippen LogP contribution in [0.1, 0.15) is 62.8 Å². The quantitative estimate of drug-likeness (QED) is 0.304. The summed E-state index contributed by atoms with van der Waals surface area (Å²) < 4.78 is 5.51. The fraction of sp³-hybridized carbons (Fsp3) is 0.429. The predicted octanol–water partition coefficient (Wildman–Crippen LogP) is 4.75. The standard InChI is InChI=1S/C28H32ClN7O3/c1-16-7-25(37)36(15-16)26-24(39-4)8-19(13-33-26)17(2)32-14-23(35-31)27(38)34-21-10-28(3,11-21)22-9-20(29)6-5-18(22)12-30/h5-6,8-9,13-14,16-17,21,31-32H,7,10-11,15H2,1-4H3,(H,34,38)/b23-14-,35-31?/t16-,17?,21-,28+/m1/s1. The zero-order valence-electron chi connectivity index (χ0n) is 22.4. The molecule has 2 atom stereocenters. The molecule has 2 heterocycles. The maximum Gasteiger partial charge on any atom is 0.273 e. The largest absolute Gasteiger partial charge is 0.493 e. The van der Waals surface area contributed by atoms with Gasteiger partial charge in [0.05, 0.1) is 18.7 Å². The molecule has 1 aromatic carbocycles. The fourth-order valence-electron chi connectivity index (χ4n) is 5.30. The molecule has 204 valence electrons. The molecule has 2 aromatic rings. The third-order valence-electron chi connectivity index (χ3n) is 7.45. The van der Waals surface area contributed by atoms with Crippen LogP contribution in [0.25, 0.3) is 0 Å². The summed E-state index contributed by atoms with van der Waals surface area (Å²) in [4.78, 5) is 31.3. The lowest BCUT2D eigenvalue weighted by Gasteiger charge is -2.46. The number of methoxy groups -OCH3 is 1. The van der Waals surface area contributed by atoms with Crippen LogP contribution in [0.15, 0.2) is 47.5 Å². The van der Waals surface area contributed by atoms with E-state index in [1.54, 1.807) is 23.2 Å². The Hall–Kier alpha value is -3.97. The van der Waals surface area contributed by atoms with E-state index in [9.17, 15) is 14.9 Å². The summed E-state index contributed by atoms with van der Waals surface area (Å²) in [7, 11) is 1.53. The Morgan fingerprint density at radius 2 is 2.15 bits per heavy atom. The molecule has 1 aromatic heterocycles. The number of hydrogen-bond acceptors (Lipinski definition) is 8. The predicted molar refractivity (Wildman–Crippen MR) is 146 cm³/mol. The van der Waals surface area contributed by atoms with E-state index in [4.69, 9.17) is 21.9 Å². The summed E-state index contributed by atoms with van der Waals surface area (Å²) in [5.74, 6) is 0.798. The lowest BCUT2D eigenvalue weighted by Crippen LogP contribution is -2.52. The Balaban J connectivity index is 1.38. The number of aromatic nitrogens is 1. The molecule has 2 aliphatic rings. The van der Waals surface area contributed by atoms with Gasteiger partial charge in [-0.15, -0.1) is 0 Å². The molecule has 0 bridgehead atoms. The normalized spacial score (nSPS) is 23.4. The lowest BCUT2D eigenvalue weighted by molar-refractivity contribution is -0.119. The highest BCUT2D eigenvalue weighted by molar-refractivity contribution is 6.30. The molecule has 0 radical (unpaired) electrons. The lowest BCUT2D eigenvalue weighted by atomic mass is 9.62. The van der Waals surface area contributed by atoms with Crippen molar-refractivity contribution in [3.05, 3.63) is 64.1 Å². The summed E-state index contributed by atoms with van der Waals surface area (Å²) >= 11 is 6.16. The molecular formula is C28H32ClN7O3. The van der Waals surface area contributed by atoms with Crippen molar-refractivity contribution in [2.75, 3.05) is 18.6 Å². The van der Waals surface area contributed by atoms with Gasteiger partial charge in [-0.05, 0) is 66.5 Å². The van der Waals surface area contributed by atoms with Crippen molar-refractivity contribution < 1.29 is 14.3 Å². The Morgan fingerprint density at radius 1 is 1.41 bits per heavy atom. The zero-order chi connectivity index (χ0) is 28.3. The fourth-order valence-corrected chi connectivity index (χ4v) is 5.48. The summed E-state index contributed by atoms with van der Waals surface area (Å²) in [5.41, 5.74) is 9.39. The third-order valence-corrected chi connectivity index (χ3v) is 7.69. The van der Waals surface area contributed by atoms with E-state index in [1.165, 1.54) is 13.3 Å². The van der Waals surface area contributed by atoms with Gasteiger partial charge in [-0.1, -0.05) is 25.4 Å². The van der Waals surface area contributed by atoms with E-state index < -0.39 is 5.91 Å².